The van der Waals surface area contributed by atoms with Crippen molar-refractivity contribution < 1.29 is 0 Å². The van der Waals surface area contributed by atoms with Gasteiger partial charge in [0.25, 0.3) is 0 Å². The molecule has 18 heavy (non-hydrogen) atoms. The lowest BCUT2D eigenvalue weighted by molar-refractivity contribution is 0.617. The quantitative estimate of drug-likeness (QED) is 0.788. The first-order chi connectivity index (χ1) is 8.49. The van der Waals surface area contributed by atoms with Gasteiger partial charge in [-0.3, -0.25) is 0 Å². The van der Waals surface area contributed by atoms with E-state index in [0.717, 1.165) is 11.6 Å². The van der Waals surface area contributed by atoms with E-state index in [4.69, 9.17) is 0 Å². The molecule has 2 N–H and O–H groups in total. The molecule has 2 rings (SSSR count). The summed E-state index contributed by atoms with van der Waals surface area (Å²) in [5, 5.41) is 3.07. The van der Waals surface area contributed by atoms with Crippen molar-refractivity contribution in [1.29, 1.82) is 0 Å². The number of H-pyrrole nitrogens is 1. The van der Waals surface area contributed by atoms with Crippen LogP contribution in [0.2, 0.25) is 0 Å². The molecule has 0 spiro atoms. The van der Waals surface area contributed by atoms with E-state index >= 15 is 0 Å². The van der Waals surface area contributed by atoms with Gasteiger partial charge >= 0.3 is 0 Å². The summed E-state index contributed by atoms with van der Waals surface area (Å²) in [5.74, 6) is 1.45. The molecule has 3 heteroatoms. The van der Waals surface area contributed by atoms with Crippen molar-refractivity contribution in [2.45, 2.75) is 47.0 Å². The second-order valence-electron chi connectivity index (χ2n) is 4.84. The summed E-state index contributed by atoms with van der Waals surface area (Å²) in [5.41, 5.74) is 2.59. The normalized spacial score (nSPS) is 18.5. The van der Waals surface area contributed by atoms with Crippen LogP contribution in [0.15, 0.2) is 18.5 Å². The molecule has 1 fully saturated rings. The van der Waals surface area contributed by atoms with Crippen LogP contribution in [0.3, 0.4) is 0 Å². The first-order valence-corrected chi connectivity index (χ1v) is 6.30. The molecule has 0 bridgehead atoms. The van der Waals surface area contributed by atoms with Crippen molar-refractivity contribution in [3.05, 3.63) is 24.2 Å². The molecule has 1 atom stereocenters. The van der Waals surface area contributed by atoms with Gasteiger partial charge in [-0.1, -0.05) is 34.3 Å². The third kappa shape index (κ3) is 4.29. The smallest absolute Gasteiger partial charge is 0.204 e. The van der Waals surface area contributed by atoms with Crippen molar-refractivity contribution in [2.75, 3.05) is 5.32 Å². The predicted octanol–water partition coefficient (Wildman–Crippen LogP) is 4.14. The fourth-order valence-corrected chi connectivity index (χ4v) is 1.78. The molecule has 100 valence electrons. The molecule has 0 saturated heterocycles. The number of hydrogen-bond acceptors (Lipinski definition) is 2. The highest BCUT2D eigenvalue weighted by Crippen LogP contribution is 2.58. The topological polar surface area (TPSA) is 40.7 Å². The molecule has 3 nitrogen and oxygen atoms in total. The van der Waals surface area contributed by atoms with Crippen LogP contribution in [0.5, 0.6) is 0 Å². The lowest BCUT2D eigenvalue weighted by Gasteiger charge is -2.01. The monoisotopic (exact) mass is 247 g/mol. The van der Waals surface area contributed by atoms with E-state index in [2.05, 4.69) is 48.6 Å². The van der Waals surface area contributed by atoms with Gasteiger partial charge in [-0.05, 0) is 18.8 Å². The SMILES string of the molecule is C#C.C=C(C)Nc1ncc(C2CC2(C)C)[nH]1.CC. The number of rotatable bonds is 3. The van der Waals surface area contributed by atoms with Crippen molar-refractivity contribution in [2.24, 2.45) is 5.41 Å². The van der Waals surface area contributed by atoms with Crippen molar-refractivity contribution in [1.82, 2.24) is 9.97 Å². The average molecular weight is 247 g/mol. The number of imidazole rings is 1. The second kappa shape index (κ2) is 6.90. The number of nitrogens with one attached hydrogen (secondary N) is 2. The molecule has 1 aromatic rings. The third-order valence-corrected chi connectivity index (χ3v) is 2.82. The molecule has 0 aliphatic heterocycles. The lowest BCUT2D eigenvalue weighted by atomic mass is 10.1. The number of allylic oxidation sites excluding steroid dienone is 1. The molecular formula is C15H25N3. The Morgan fingerprint density at radius 2 is 2.00 bits per heavy atom. The molecule has 1 unspecified atom stereocenters. The highest BCUT2D eigenvalue weighted by atomic mass is 15.1. The van der Waals surface area contributed by atoms with Gasteiger partial charge in [0.15, 0.2) is 0 Å². The summed E-state index contributed by atoms with van der Waals surface area (Å²) >= 11 is 0. The second-order valence-corrected chi connectivity index (χ2v) is 4.84. The predicted molar refractivity (Wildman–Crippen MR) is 79.4 cm³/mol. The molecular weight excluding hydrogens is 222 g/mol. The van der Waals surface area contributed by atoms with E-state index < -0.39 is 0 Å². The molecule has 0 radical (unpaired) electrons. The maximum Gasteiger partial charge on any atom is 0.204 e. The Morgan fingerprint density at radius 1 is 1.50 bits per heavy atom. The van der Waals surface area contributed by atoms with Crippen LogP contribution in [0.25, 0.3) is 0 Å². The van der Waals surface area contributed by atoms with Gasteiger partial charge in [0.05, 0.1) is 6.20 Å². The van der Waals surface area contributed by atoms with Crippen molar-refractivity contribution >= 4 is 5.95 Å². The fraction of sp³-hybridized carbons (Fsp3) is 0.533. The number of aromatic nitrogens is 2. The maximum atomic E-state index is 4.26. The first kappa shape index (κ1) is 16.3. The minimum Gasteiger partial charge on any atom is -0.330 e. The van der Waals surface area contributed by atoms with Crippen molar-refractivity contribution in [3.8, 4) is 12.8 Å². The zero-order chi connectivity index (χ0) is 14.3. The fourth-order valence-electron chi connectivity index (χ4n) is 1.78. The Kier molecular flexibility index (Phi) is 6.26. The number of anilines is 1. The summed E-state index contributed by atoms with van der Waals surface area (Å²) in [4.78, 5) is 7.53. The zero-order valence-electron chi connectivity index (χ0n) is 12.2. The van der Waals surface area contributed by atoms with Crippen LogP contribution >= 0.6 is 0 Å². The van der Waals surface area contributed by atoms with E-state index in [-0.39, 0.29) is 0 Å². The Balaban J connectivity index is 0.000000659. The zero-order valence-corrected chi connectivity index (χ0v) is 12.2. The number of aromatic amines is 1. The van der Waals surface area contributed by atoms with Gasteiger partial charge in [0, 0.05) is 17.3 Å². The van der Waals surface area contributed by atoms with E-state index in [1.54, 1.807) is 0 Å². The Labute approximate surface area is 111 Å². The summed E-state index contributed by atoms with van der Waals surface area (Å²) < 4.78 is 0. The van der Waals surface area contributed by atoms with Crippen molar-refractivity contribution in [3.63, 3.8) is 0 Å². The molecule has 1 aromatic heterocycles. The van der Waals surface area contributed by atoms with Gasteiger partial charge in [-0.2, -0.15) is 0 Å². The van der Waals surface area contributed by atoms with E-state index in [9.17, 15) is 0 Å². The summed E-state index contributed by atoms with van der Waals surface area (Å²) in [6.07, 6.45) is 11.2. The third-order valence-electron chi connectivity index (χ3n) is 2.82. The standard InChI is InChI=1S/C11H17N3.C2H6.C2H2/c1-7(2)13-10-12-6-9(14-10)8-5-11(8,3)4;2*1-2/h6,8H,1,5H2,2-4H3,(H2,12,13,14);1-2H3;1-2H. The Morgan fingerprint density at radius 3 is 2.39 bits per heavy atom. The minimum atomic E-state index is 0.451. The van der Waals surface area contributed by atoms with Gasteiger partial charge in [-0.15, -0.1) is 12.8 Å². The molecule has 0 amide bonds. The number of terminal acetylenes is 1. The molecule has 1 heterocycles. The molecule has 0 aromatic carbocycles. The van der Waals surface area contributed by atoms with E-state index in [1.165, 1.54) is 12.1 Å². The van der Waals surface area contributed by atoms with Gasteiger partial charge in [-0.25, -0.2) is 4.98 Å². The Hall–Kier alpha value is -1.69. The molecule has 1 saturated carbocycles. The highest BCUT2D eigenvalue weighted by molar-refractivity contribution is 5.35. The van der Waals surface area contributed by atoms with Crippen LogP contribution in [0.4, 0.5) is 5.95 Å². The minimum absolute atomic E-state index is 0.451. The summed E-state index contributed by atoms with van der Waals surface area (Å²) in [6, 6.07) is 0. The average Bonchev–Trinajstić information content (AvgIpc) is 2.77. The van der Waals surface area contributed by atoms with Gasteiger partial charge < -0.3 is 10.3 Å². The van der Waals surface area contributed by atoms with Crippen LogP contribution in [0.1, 0.15) is 52.7 Å². The molecule has 1 aliphatic carbocycles. The largest absolute Gasteiger partial charge is 0.330 e. The van der Waals surface area contributed by atoms with E-state index in [1.807, 2.05) is 27.0 Å². The number of nitrogens with zero attached hydrogens (tertiary/aromatic N) is 1. The number of hydrogen-bond donors (Lipinski definition) is 2. The van der Waals surface area contributed by atoms with Crippen LogP contribution in [-0.4, -0.2) is 9.97 Å². The lowest BCUT2D eigenvalue weighted by Crippen LogP contribution is -1.96. The summed E-state index contributed by atoms with van der Waals surface area (Å²) in [7, 11) is 0. The van der Waals surface area contributed by atoms with Crippen LogP contribution in [0, 0.1) is 18.3 Å². The maximum absolute atomic E-state index is 4.26. The first-order valence-electron chi connectivity index (χ1n) is 6.30. The van der Waals surface area contributed by atoms with E-state index in [0.29, 0.717) is 11.3 Å². The molecule has 1 aliphatic rings. The highest BCUT2D eigenvalue weighted by Gasteiger charge is 2.47. The Bertz CT molecular complexity index is 399. The van der Waals surface area contributed by atoms with Crippen LogP contribution in [-0.2, 0) is 0 Å². The van der Waals surface area contributed by atoms with Gasteiger partial charge in [0.1, 0.15) is 0 Å². The van der Waals surface area contributed by atoms with Gasteiger partial charge in [0.2, 0.25) is 5.95 Å². The summed E-state index contributed by atoms with van der Waals surface area (Å²) in [6.45, 7) is 14.3. The van der Waals surface area contributed by atoms with Crippen LogP contribution < -0.4 is 5.32 Å².